The molecule has 0 bridgehead atoms. The van der Waals surface area contributed by atoms with Crippen LogP contribution >= 0.6 is 0 Å². The standard InChI is InChI=1S/C22H32F2N8O.C2H6.CH2O2/c1-3-15-17(32-11-5-10-22(23,24)13-32)9-8-16(28-15)19(25)18(31(2)26)12-27-21-29-20(33-30-21)14-6-4-7-14;1-2;2-1-3/h8-9,14H,3-7,10-13,25-26H2,1-2H3,(H,27,30);1-2H3;1H,(H,2,3)/b19-18-;;. The SMILES string of the molecule is CC.CCc1nc(/C(N)=C(\CNc2noc(C3CCC3)n2)N(C)N)ccc1N1CCCC(F)(F)C1.O=CO. The molecule has 1 aliphatic carbocycles. The first-order chi connectivity index (χ1) is 18.2. The zero-order valence-electron chi connectivity index (χ0n) is 22.6. The molecule has 13 heteroatoms. The van der Waals surface area contributed by atoms with Gasteiger partial charge in [0.1, 0.15) is 0 Å². The number of aromatic nitrogens is 3. The lowest BCUT2D eigenvalue weighted by Crippen LogP contribution is -2.43. The van der Waals surface area contributed by atoms with Gasteiger partial charge in [0.05, 0.1) is 41.6 Å². The van der Waals surface area contributed by atoms with Crippen molar-refractivity contribution < 1.29 is 23.2 Å². The number of halogens is 2. The van der Waals surface area contributed by atoms with Crippen LogP contribution in [0.2, 0.25) is 0 Å². The monoisotopic (exact) mass is 538 g/mol. The second-order valence-electron chi connectivity index (χ2n) is 8.91. The molecule has 0 radical (unpaired) electrons. The van der Waals surface area contributed by atoms with E-state index < -0.39 is 5.92 Å². The number of aryl methyl sites for hydroxylation is 1. The Morgan fingerprint density at radius 1 is 1.32 bits per heavy atom. The van der Waals surface area contributed by atoms with Gasteiger partial charge in [0.2, 0.25) is 5.89 Å². The average Bonchev–Trinajstić information content (AvgIpc) is 3.31. The van der Waals surface area contributed by atoms with Crippen molar-refractivity contribution in [3.05, 3.63) is 35.1 Å². The summed E-state index contributed by atoms with van der Waals surface area (Å²) in [5.41, 5.74) is 9.42. The predicted molar refractivity (Wildman–Crippen MR) is 142 cm³/mol. The van der Waals surface area contributed by atoms with Crippen molar-refractivity contribution >= 4 is 23.8 Å². The van der Waals surface area contributed by atoms with Gasteiger partial charge in [-0.15, -0.1) is 0 Å². The Kier molecular flexibility index (Phi) is 11.7. The summed E-state index contributed by atoms with van der Waals surface area (Å²) in [6, 6.07) is 3.57. The van der Waals surface area contributed by atoms with E-state index in [4.69, 9.17) is 26.0 Å². The molecule has 3 heterocycles. The summed E-state index contributed by atoms with van der Waals surface area (Å²) in [5.74, 6) is 4.74. The molecular weight excluding hydrogens is 498 g/mol. The van der Waals surface area contributed by atoms with Crippen molar-refractivity contribution in [1.29, 1.82) is 0 Å². The Morgan fingerprint density at radius 2 is 2.00 bits per heavy atom. The number of alkyl halides is 2. The summed E-state index contributed by atoms with van der Waals surface area (Å²) in [6.45, 7) is 6.26. The highest BCUT2D eigenvalue weighted by Crippen LogP contribution is 2.35. The van der Waals surface area contributed by atoms with Crippen molar-refractivity contribution in [3.8, 4) is 0 Å². The van der Waals surface area contributed by atoms with Gasteiger partial charge < -0.3 is 30.6 Å². The van der Waals surface area contributed by atoms with Gasteiger partial charge in [-0.2, -0.15) is 4.98 Å². The number of hydrazine groups is 1. The summed E-state index contributed by atoms with van der Waals surface area (Å²) in [5, 5.41) is 15.4. The average molecular weight is 539 g/mol. The number of piperidine rings is 1. The van der Waals surface area contributed by atoms with Gasteiger partial charge in [0.15, 0.2) is 0 Å². The molecule has 212 valence electrons. The van der Waals surface area contributed by atoms with Crippen LogP contribution in [0.1, 0.15) is 76.1 Å². The normalized spacial score (nSPS) is 17.1. The number of nitrogens with one attached hydrogen (secondary N) is 1. The molecular formula is C25H40F2N8O3. The van der Waals surface area contributed by atoms with Crippen molar-refractivity contribution in [2.45, 2.75) is 71.1 Å². The van der Waals surface area contributed by atoms with Crippen molar-refractivity contribution in [3.63, 3.8) is 0 Å². The minimum absolute atomic E-state index is 0.0755. The van der Waals surface area contributed by atoms with Crippen LogP contribution in [0.4, 0.5) is 20.4 Å². The maximum Gasteiger partial charge on any atom is 0.290 e. The number of pyridine rings is 1. The molecule has 1 saturated carbocycles. The molecule has 2 aliphatic rings. The number of carboxylic acid groups (broad SMARTS) is 1. The van der Waals surface area contributed by atoms with E-state index in [1.165, 1.54) is 11.4 Å². The molecule has 6 N–H and O–H groups in total. The van der Waals surface area contributed by atoms with Gasteiger partial charge >= 0.3 is 0 Å². The summed E-state index contributed by atoms with van der Waals surface area (Å²) in [4.78, 5) is 19.2. The summed E-state index contributed by atoms with van der Waals surface area (Å²) in [7, 11) is 1.69. The maximum atomic E-state index is 13.9. The molecule has 0 atom stereocenters. The van der Waals surface area contributed by atoms with Gasteiger partial charge in [-0.05, 0) is 43.0 Å². The quantitative estimate of drug-likeness (QED) is 0.220. The fraction of sp³-hybridized carbons (Fsp3) is 0.600. The van der Waals surface area contributed by atoms with Gasteiger partial charge in [0, 0.05) is 25.9 Å². The van der Waals surface area contributed by atoms with E-state index in [-0.39, 0.29) is 26.0 Å². The van der Waals surface area contributed by atoms with Crippen LogP contribution in [-0.2, 0) is 11.2 Å². The third kappa shape index (κ3) is 8.01. The lowest BCUT2D eigenvalue weighted by Gasteiger charge is -2.35. The highest BCUT2D eigenvalue weighted by atomic mass is 19.3. The lowest BCUT2D eigenvalue weighted by atomic mass is 9.85. The largest absolute Gasteiger partial charge is 0.483 e. The van der Waals surface area contributed by atoms with Crippen molar-refractivity contribution in [2.24, 2.45) is 11.6 Å². The smallest absolute Gasteiger partial charge is 0.290 e. The Balaban J connectivity index is 0.000000947. The van der Waals surface area contributed by atoms with Crippen LogP contribution < -0.4 is 21.8 Å². The second kappa shape index (κ2) is 14.5. The molecule has 0 amide bonds. The Hall–Kier alpha value is -3.48. The fourth-order valence-electron chi connectivity index (χ4n) is 4.21. The van der Waals surface area contributed by atoms with Gasteiger partial charge in [0.25, 0.3) is 18.3 Å². The molecule has 11 nitrogen and oxygen atoms in total. The molecule has 2 aromatic heterocycles. The first kappa shape index (κ1) is 30.7. The van der Waals surface area contributed by atoms with Crippen molar-refractivity contribution in [1.82, 2.24) is 20.1 Å². The van der Waals surface area contributed by atoms with E-state index in [9.17, 15) is 8.78 Å². The molecule has 38 heavy (non-hydrogen) atoms. The minimum Gasteiger partial charge on any atom is -0.483 e. The Bertz CT molecular complexity index is 1060. The Morgan fingerprint density at radius 3 is 2.55 bits per heavy atom. The first-order valence-electron chi connectivity index (χ1n) is 12.9. The van der Waals surface area contributed by atoms with Crippen LogP contribution in [-0.4, -0.2) is 64.3 Å². The minimum atomic E-state index is -2.68. The zero-order valence-corrected chi connectivity index (χ0v) is 22.6. The third-order valence-electron chi connectivity index (χ3n) is 6.34. The van der Waals surface area contributed by atoms with Crippen LogP contribution in [0.5, 0.6) is 0 Å². The number of rotatable bonds is 8. The van der Waals surface area contributed by atoms with Gasteiger partial charge in [-0.25, -0.2) is 19.6 Å². The number of likely N-dealkylation sites (N-methyl/N-ethyl adjacent to an activating group) is 1. The highest BCUT2D eigenvalue weighted by molar-refractivity contribution is 5.66. The van der Waals surface area contributed by atoms with Gasteiger partial charge in [-0.1, -0.05) is 27.2 Å². The van der Waals surface area contributed by atoms with Crippen LogP contribution in [0.15, 0.2) is 22.4 Å². The lowest BCUT2D eigenvalue weighted by molar-refractivity contribution is -0.122. The fourth-order valence-corrected chi connectivity index (χ4v) is 4.21. The molecule has 1 aliphatic heterocycles. The molecule has 0 unspecified atom stereocenters. The first-order valence-corrected chi connectivity index (χ1v) is 12.9. The molecule has 0 spiro atoms. The van der Waals surface area contributed by atoms with Crippen LogP contribution in [0.3, 0.4) is 0 Å². The predicted octanol–water partition coefficient (Wildman–Crippen LogP) is 3.80. The maximum absolute atomic E-state index is 13.9. The summed E-state index contributed by atoms with van der Waals surface area (Å²) >= 11 is 0. The van der Waals surface area contributed by atoms with Crippen LogP contribution in [0, 0.1) is 0 Å². The van der Waals surface area contributed by atoms with E-state index >= 15 is 0 Å². The zero-order chi connectivity index (χ0) is 28.3. The number of nitrogens with two attached hydrogens (primary N) is 2. The number of carbonyl (C=O) groups is 1. The highest BCUT2D eigenvalue weighted by Gasteiger charge is 2.36. The number of hydrogen-bond donors (Lipinski definition) is 4. The number of hydrogen-bond acceptors (Lipinski definition) is 10. The number of anilines is 2. The summed E-state index contributed by atoms with van der Waals surface area (Å²) in [6.07, 6.45) is 4.30. The second-order valence-corrected chi connectivity index (χ2v) is 8.91. The van der Waals surface area contributed by atoms with E-state index in [2.05, 4.69) is 20.4 Å². The molecule has 2 fully saturated rings. The van der Waals surface area contributed by atoms with E-state index in [1.807, 2.05) is 26.8 Å². The third-order valence-corrected chi connectivity index (χ3v) is 6.34. The number of nitrogens with zero attached hydrogens (tertiary/aromatic N) is 5. The summed E-state index contributed by atoms with van der Waals surface area (Å²) < 4.78 is 33.2. The van der Waals surface area contributed by atoms with Crippen LogP contribution in [0.25, 0.3) is 5.70 Å². The molecule has 1 saturated heterocycles. The van der Waals surface area contributed by atoms with E-state index in [0.717, 1.165) is 24.2 Å². The van der Waals surface area contributed by atoms with E-state index in [0.29, 0.717) is 54.2 Å². The molecule has 4 rings (SSSR count). The van der Waals surface area contributed by atoms with E-state index in [1.54, 1.807) is 18.0 Å². The Labute approximate surface area is 222 Å². The molecule has 2 aromatic rings. The van der Waals surface area contributed by atoms with Crippen molar-refractivity contribution in [2.75, 3.05) is 36.9 Å². The molecule has 0 aromatic carbocycles. The van der Waals surface area contributed by atoms with Gasteiger partial charge in [-0.3, -0.25) is 4.79 Å². The topological polar surface area (TPSA) is 160 Å².